The largest absolute Gasteiger partial charge is 0.481 e. The normalized spacial score (nSPS) is 57.7. The summed E-state index contributed by atoms with van der Waals surface area (Å²) in [6, 6.07) is 0. The molecule has 0 aromatic heterocycles. The summed E-state index contributed by atoms with van der Waals surface area (Å²) in [5.41, 5.74) is -3.63. The molecule has 4 fully saturated rings. The van der Waals surface area contributed by atoms with Crippen LogP contribution in [0, 0.1) is 34.0 Å². The third-order valence-electron chi connectivity index (χ3n) is 9.13. The highest BCUT2D eigenvalue weighted by Gasteiger charge is 2.76. The van der Waals surface area contributed by atoms with Crippen LogP contribution in [0.3, 0.4) is 0 Å². The van der Waals surface area contributed by atoms with E-state index in [1.165, 1.54) is 0 Å². The van der Waals surface area contributed by atoms with Crippen molar-refractivity contribution in [3.05, 3.63) is 0 Å². The minimum absolute atomic E-state index is 0.0672. The number of fused-ring (bicyclic) bond motifs is 3. The number of aliphatic hydroxyl groups excluding tert-OH is 1. The summed E-state index contributed by atoms with van der Waals surface area (Å²) >= 11 is 0. The molecule has 0 radical (unpaired) electrons. The van der Waals surface area contributed by atoms with E-state index in [2.05, 4.69) is 0 Å². The van der Waals surface area contributed by atoms with E-state index in [0.717, 1.165) is 12.8 Å². The molecule has 25 heavy (non-hydrogen) atoms. The van der Waals surface area contributed by atoms with Gasteiger partial charge in [0.2, 0.25) is 0 Å². The fourth-order valence-electron chi connectivity index (χ4n) is 7.67. The van der Waals surface area contributed by atoms with E-state index in [4.69, 9.17) is 0 Å². The predicted molar refractivity (Wildman–Crippen MR) is 90.7 cm³/mol. The Bertz CT molecular complexity index is 646. The van der Waals surface area contributed by atoms with Crippen LogP contribution in [0.25, 0.3) is 0 Å². The molecular formula is C20H30O5. The van der Waals surface area contributed by atoms with E-state index in [0.29, 0.717) is 25.7 Å². The number of hydrogen-bond donors (Lipinski definition) is 3. The lowest BCUT2D eigenvalue weighted by atomic mass is 9.38. The number of carbonyl (C=O) groups is 2. The van der Waals surface area contributed by atoms with Crippen molar-refractivity contribution in [1.29, 1.82) is 0 Å². The number of Topliss-reactive ketones (excluding diaryl/α,β-unsaturated/α-hetero) is 1. The first-order chi connectivity index (χ1) is 11.5. The highest BCUT2D eigenvalue weighted by atomic mass is 16.4. The highest BCUT2D eigenvalue weighted by molar-refractivity contribution is 5.91. The second-order valence-corrected chi connectivity index (χ2v) is 9.82. The van der Waals surface area contributed by atoms with Crippen molar-refractivity contribution in [2.24, 2.45) is 34.0 Å². The zero-order chi connectivity index (χ0) is 18.4. The SMILES string of the molecule is C[C@H]1C(=O)[C@@]23CC[C@@H]4[C@](C)(C(=O)O)CCC[C@@]4(C)[C@]2(O)CC(O)[C@H]1C3. The van der Waals surface area contributed by atoms with E-state index in [-0.39, 0.29) is 30.0 Å². The number of carboxylic acid groups (broad SMARTS) is 1. The molecule has 5 heteroatoms. The molecule has 0 amide bonds. The molecule has 2 bridgehead atoms. The second kappa shape index (κ2) is 4.86. The van der Waals surface area contributed by atoms with Gasteiger partial charge in [-0.25, -0.2) is 0 Å². The highest BCUT2D eigenvalue weighted by Crippen LogP contribution is 2.72. The fourth-order valence-corrected chi connectivity index (χ4v) is 7.67. The average molecular weight is 350 g/mol. The van der Waals surface area contributed by atoms with Crippen LogP contribution in [0.1, 0.15) is 65.7 Å². The summed E-state index contributed by atoms with van der Waals surface area (Å²) in [6.45, 7) is 5.68. The first-order valence-corrected chi connectivity index (χ1v) is 9.72. The van der Waals surface area contributed by atoms with E-state index < -0.39 is 33.9 Å². The molecule has 0 heterocycles. The van der Waals surface area contributed by atoms with Crippen molar-refractivity contribution in [3.8, 4) is 0 Å². The molecule has 1 unspecified atom stereocenters. The van der Waals surface area contributed by atoms with Crippen molar-refractivity contribution < 1.29 is 24.9 Å². The summed E-state index contributed by atoms with van der Waals surface area (Å²) in [6.07, 6.45) is 3.36. The Morgan fingerprint density at radius 1 is 1.16 bits per heavy atom. The summed E-state index contributed by atoms with van der Waals surface area (Å²) < 4.78 is 0. The van der Waals surface area contributed by atoms with E-state index in [9.17, 15) is 24.9 Å². The van der Waals surface area contributed by atoms with Crippen LogP contribution in [0.5, 0.6) is 0 Å². The first-order valence-electron chi connectivity index (χ1n) is 9.72. The zero-order valence-corrected chi connectivity index (χ0v) is 15.4. The van der Waals surface area contributed by atoms with Gasteiger partial charge in [0.05, 0.1) is 22.5 Å². The molecule has 0 aromatic rings. The van der Waals surface area contributed by atoms with Gasteiger partial charge in [0.25, 0.3) is 0 Å². The smallest absolute Gasteiger partial charge is 0.309 e. The summed E-state index contributed by atoms with van der Waals surface area (Å²) in [5, 5.41) is 32.6. The van der Waals surface area contributed by atoms with Crippen LogP contribution >= 0.6 is 0 Å². The molecule has 140 valence electrons. The van der Waals surface area contributed by atoms with Crippen molar-refractivity contribution in [2.75, 3.05) is 0 Å². The molecule has 4 aliphatic rings. The maximum absolute atomic E-state index is 13.2. The average Bonchev–Trinajstić information content (AvgIpc) is 2.76. The van der Waals surface area contributed by atoms with Gasteiger partial charge in [0.1, 0.15) is 5.78 Å². The van der Waals surface area contributed by atoms with Gasteiger partial charge in [0, 0.05) is 17.8 Å². The Morgan fingerprint density at radius 3 is 2.48 bits per heavy atom. The molecule has 4 saturated carbocycles. The van der Waals surface area contributed by atoms with Crippen molar-refractivity contribution in [2.45, 2.75) is 77.4 Å². The van der Waals surface area contributed by atoms with E-state index in [1.807, 2.05) is 13.8 Å². The number of carboxylic acids is 1. The molecule has 4 rings (SSSR count). The lowest BCUT2D eigenvalue weighted by Crippen LogP contribution is -2.71. The number of aliphatic carboxylic acids is 1. The lowest BCUT2D eigenvalue weighted by molar-refractivity contribution is -0.266. The van der Waals surface area contributed by atoms with Gasteiger partial charge in [0.15, 0.2) is 0 Å². The van der Waals surface area contributed by atoms with Gasteiger partial charge < -0.3 is 15.3 Å². The van der Waals surface area contributed by atoms with Crippen LogP contribution in [0.15, 0.2) is 0 Å². The van der Waals surface area contributed by atoms with Crippen LogP contribution in [0.2, 0.25) is 0 Å². The number of carbonyl (C=O) groups excluding carboxylic acids is 1. The molecule has 1 spiro atoms. The van der Waals surface area contributed by atoms with Crippen LogP contribution in [-0.4, -0.2) is 38.8 Å². The van der Waals surface area contributed by atoms with Gasteiger partial charge in [-0.1, -0.05) is 20.3 Å². The molecule has 4 aliphatic carbocycles. The molecule has 0 aromatic carbocycles. The molecule has 8 atom stereocenters. The Hall–Kier alpha value is -0.940. The maximum Gasteiger partial charge on any atom is 0.309 e. The van der Waals surface area contributed by atoms with Gasteiger partial charge in [-0.05, 0) is 50.9 Å². The first kappa shape index (κ1) is 17.5. The minimum atomic E-state index is -1.31. The number of rotatable bonds is 1. The minimum Gasteiger partial charge on any atom is -0.481 e. The van der Waals surface area contributed by atoms with Crippen molar-refractivity contribution >= 4 is 11.8 Å². The Morgan fingerprint density at radius 2 is 1.84 bits per heavy atom. The van der Waals surface area contributed by atoms with Crippen molar-refractivity contribution in [1.82, 2.24) is 0 Å². The topological polar surface area (TPSA) is 94.8 Å². The third kappa shape index (κ3) is 1.72. The lowest BCUT2D eigenvalue weighted by Gasteiger charge is -2.67. The Kier molecular flexibility index (Phi) is 3.40. The monoisotopic (exact) mass is 350 g/mol. The van der Waals surface area contributed by atoms with Gasteiger partial charge >= 0.3 is 5.97 Å². The molecule has 0 saturated heterocycles. The van der Waals surface area contributed by atoms with Gasteiger partial charge in [-0.2, -0.15) is 0 Å². The second-order valence-electron chi connectivity index (χ2n) is 9.82. The Labute approximate surface area is 148 Å². The number of hydrogen-bond acceptors (Lipinski definition) is 4. The summed E-state index contributed by atoms with van der Waals surface area (Å²) in [5.74, 6) is -1.17. The number of ketones is 1. The Balaban J connectivity index is 1.87. The van der Waals surface area contributed by atoms with Crippen molar-refractivity contribution in [3.63, 3.8) is 0 Å². The summed E-state index contributed by atoms with van der Waals surface area (Å²) in [4.78, 5) is 25.3. The third-order valence-corrected chi connectivity index (χ3v) is 9.13. The van der Waals surface area contributed by atoms with Gasteiger partial charge in [-0.15, -0.1) is 0 Å². The predicted octanol–water partition coefficient (Wildman–Crippen LogP) is 2.38. The van der Waals surface area contributed by atoms with E-state index >= 15 is 0 Å². The molecule has 0 aliphatic heterocycles. The zero-order valence-electron chi connectivity index (χ0n) is 15.4. The fraction of sp³-hybridized carbons (Fsp3) is 0.900. The van der Waals surface area contributed by atoms with E-state index in [1.54, 1.807) is 6.92 Å². The van der Waals surface area contributed by atoms with Crippen LogP contribution < -0.4 is 0 Å². The molecule has 3 N–H and O–H groups in total. The number of aliphatic hydroxyl groups is 2. The van der Waals surface area contributed by atoms with Crippen LogP contribution in [-0.2, 0) is 9.59 Å². The summed E-state index contributed by atoms with van der Waals surface area (Å²) in [7, 11) is 0. The molecule has 5 nitrogen and oxygen atoms in total. The van der Waals surface area contributed by atoms with Gasteiger partial charge in [-0.3, -0.25) is 9.59 Å². The standard InChI is InChI=1S/C20H30O5/c1-11-12-9-19(15(11)22)8-5-14-17(2,16(23)24)6-4-7-18(14,3)20(19,25)10-13(12)21/h11-14,21,25H,4-10H2,1-3H3,(H,23,24)/t11-,12+,13?,14-,17-,18-,19+,20-/m1/s1. The quantitative estimate of drug-likeness (QED) is 0.675. The molecular weight excluding hydrogens is 320 g/mol. The van der Waals surface area contributed by atoms with Crippen LogP contribution in [0.4, 0.5) is 0 Å². The maximum atomic E-state index is 13.2.